The third-order valence-corrected chi connectivity index (χ3v) is 5.82. The minimum absolute atomic E-state index is 0.00729. The number of fused-ring (bicyclic) bond motifs is 2. The second kappa shape index (κ2) is 7.91. The van der Waals surface area contributed by atoms with Gasteiger partial charge in [0.05, 0.1) is 16.7 Å². The first-order valence-corrected chi connectivity index (χ1v) is 10.5. The van der Waals surface area contributed by atoms with Crippen molar-refractivity contribution in [2.75, 3.05) is 5.32 Å². The van der Waals surface area contributed by atoms with E-state index < -0.39 is 0 Å². The number of imidazole rings is 1. The van der Waals surface area contributed by atoms with Crippen LogP contribution in [-0.2, 0) is 6.54 Å². The third kappa shape index (κ3) is 3.91. The van der Waals surface area contributed by atoms with Crippen molar-refractivity contribution < 1.29 is 4.79 Å². The lowest BCUT2D eigenvalue weighted by atomic mass is 10.0. The van der Waals surface area contributed by atoms with E-state index in [0.717, 1.165) is 33.9 Å². The number of aromatic amines is 1. The van der Waals surface area contributed by atoms with Crippen molar-refractivity contribution in [1.29, 1.82) is 0 Å². The smallest absolute Gasteiger partial charge is 0.234 e. The van der Waals surface area contributed by atoms with Crippen LogP contribution in [0, 0.1) is 12.3 Å². The molecule has 0 spiro atoms. The van der Waals surface area contributed by atoms with Crippen LogP contribution in [0.5, 0.6) is 0 Å². The number of nitrogens with zero attached hydrogens (tertiary/aromatic N) is 2. The van der Waals surface area contributed by atoms with Crippen LogP contribution in [0.15, 0.2) is 54.7 Å². The number of hydrogen-bond donors (Lipinski definition) is 4. The van der Waals surface area contributed by atoms with Gasteiger partial charge in [0, 0.05) is 31.1 Å². The average Bonchev–Trinajstić information content (AvgIpc) is 3.24. The van der Waals surface area contributed by atoms with E-state index in [1.54, 1.807) is 4.57 Å². The van der Waals surface area contributed by atoms with Gasteiger partial charge in [0.15, 0.2) is 0 Å². The van der Waals surface area contributed by atoms with E-state index in [1.165, 1.54) is 0 Å². The highest BCUT2D eigenvalue weighted by atomic mass is 16.2. The Morgan fingerprint density at radius 1 is 1.16 bits per heavy atom. The molecule has 1 fully saturated rings. The predicted molar refractivity (Wildman–Crippen MR) is 122 cm³/mol. The minimum atomic E-state index is -0.224. The molecule has 31 heavy (non-hydrogen) atoms. The van der Waals surface area contributed by atoms with Gasteiger partial charge >= 0.3 is 0 Å². The molecule has 0 unspecified atom stereocenters. The molecule has 3 heterocycles. The van der Waals surface area contributed by atoms with Crippen LogP contribution in [0.4, 0.5) is 5.95 Å². The highest BCUT2D eigenvalue weighted by Gasteiger charge is 2.41. The Morgan fingerprint density at radius 2 is 2.03 bits per heavy atom. The number of carbonyl (C=O) groups excluding carboxylic acids is 1. The summed E-state index contributed by atoms with van der Waals surface area (Å²) in [7, 11) is 0. The van der Waals surface area contributed by atoms with Gasteiger partial charge in [-0.2, -0.15) is 0 Å². The fourth-order valence-electron chi connectivity index (χ4n) is 3.97. The summed E-state index contributed by atoms with van der Waals surface area (Å²) >= 11 is 0. The van der Waals surface area contributed by atoms with Crippen LogP contribution in [0.25, 0.3) is 21.9 Å². The third-order valence-electron chi connectivity index (χ3n) is 5.82. The quantitative estimate of drug-likeness (QED) is 0.260. The molecular weight excluding hydrogens is 388 g/mol. The van der Waals surface area contributed by atoms with Crippen molar-refractivity contribution in [3.8, 4) is 12.3 Å². The highest BCUT2D eigenvalue weighted by molar-refractivity contribution is 5.94. The summed E-state index contributed by atoms with van der Waals surface area (Å²) in [6.07, 6.45) is 9.84. The largest absolute Gasteiger partial charge is 0.361 e. The van der Waals surface area contributed by atoms with Crippen LogP contribution < -0.4 is 16.2 Å². The summed E-state index contributed by atoms with van der Waals surface area (Å²) in [5, 5.41) is 4.52. The molecule has 4 N–H and O–H groups in total. The number of hydrazine groups is 1. The summed E-state index contributed by atoms with van der Waals surface area (Å²) in [5.41, 5.74) is 9.92. The molecule has 156 valence electrons. The van der Waals surface area contributed by atoms with Gasteiger partial charge in [-0.25, -0.2) is 20.4 Å². The number of benzene rings is 2. The van der Waals surface area contributed by atoms with Crippen molar-refractivity contribution >= 4 is 33.8 Å². The van der Waals surface area contributed by atoms with Crippen molar-refractivity contribution in [3.05, 3.63) is 60.3 Å². The van der Waals surface area contributed by atoms with Gasteiger partial charge in [-0.15, -0.1) is 12.3 Å². The lowest BCUT2D eigenvalue weighted by Crippen LogP contribution is -2.22. The average molecular weight is 412 g/mol. The van der Waals surface area contributed by atoms with E-state index in [4.69, 9.17) is 6.42 Å². The number of aromatic nitrogens is 3. The Morgan fingerprint density at radius 3 is 2.87 bits per heavy atom. The number of nitrogens with one attached hydrogen (secondary N) is 4. The second-order valence-electron chi connectivity index (χ2n) is 7.94. The standard InChI is InChI=1S/C24H24N6O/c1-2-3-12-24(28-29-24)13-10-22(31)30-21-7-5-4-6-20(21)27-23(30)26-16-17-8-9-19-18(15-17)11-14-25-19/h1,4-9,11,14-15,25,28-29H,3,10,12-13,16H2,(H,26,27). The maximum absolute atomic E-state index is 13.2. The fourth-order valence-corrected chi connectivity index (χ4v) is 3.97. The SMILES string of the molecule is C#CCCC1(CCC(=O)n2c(NCc3ccc4[nH]ccc4c3)nc3ccccc32)NN1. The Labute approximate surface area is 180 Å². The molecule has 0 amide bonds. The molecule has 1 aliphatic rings. The number of para-hydroxylation sites is 2. The van der Waals surface area contributed by atoms with E-state index in [1.807, 2.05) is 36.5 Å². The molecule has 0 radical (unpaired) electrons. The number of anilines is 1. The van der Waals surface area contributed by atoms with Crippen LogP contribution in [0.1, 0.15) is 36.0 Å². The van der Waals surface area contributed by atoms with E-state index in [-0.39, 0.29) is 11.6 Å². The Bertz CT molecular complexity index is 1290. The fraction of sp³-hybridized carbons (Fsp3) is 0.250. The van der Waals surface area contributed by atoms with Gasteiger partial charge < -0.3 is 10.3 Å². The molecule has 0 atom stereocenters. The molecule has 5 rings (SSSR count). The maximum atomic E-state index is 13.2. The number of rotatable bonds is 8. The molecule has 7 heteroatoms. The molecule has 2 aromatic heterocycles. The van der Waals surface area contributed by atoms with Gasteiger partial charge in [0.1, 0.15) is 0 Å². The second-order valence-corrected chi connectivity index (χ2v) is 7.94. The topological polar surface area (TPSA) is 107 Å². The number of H-pyrrole nitrogens is 1. The first kappa shape index (κ1) is 19.4. The van der Waals surface area contributed by atoms with E-state index in [9.17, 15) is 4.79 Å². The van der Waals surface area contributed by atoms with Crippen LogP contribution in [-0.4, -0.2) is 26.1 Å². The van der Waals surface area contributed by atoms with Gasteiger partial charge in [-0.1, -0.05) is 18.2 Å². The number of terminal acetylenes is 1. The van der Waals surface area contributed by atoms with Gasteiger partial charge in [-0.05, 0) is 54.1 Å². The zero-order chi connectivity index (χ0) is 21.3. The van der Waals surface area contributed by atoms with Crippen molar-refractivity contribution in [2.24, 2.45) is 0 Å². The molecule has 7 nitrogen and oxygen atoms in total. The first-order valence-electron chi connectivity index (χ1n) is 10.5. The van der Waals surface area contributed by atoms with Gasteiger partial charge in [0.2, 0.25) is 11.9 Å². The van der Waals surface area contributed by atoms with Gasteiger partial charge in [-0.3, -0.25) is 4.79 Å². The van der Waals surface area contributed by atoms with E-state index in [0.29, 0.717) is 31.8 Å². The van der Waals surface area contributed by atoms with Crippen LogP contribution in [0.3, 0.4) is 0 Å². The Hall–Kier alpha value is -3.60. The van der Waals surface area contributed by atoms with E-state index >= 15 is 0 Å². The maximum Gasteiger partial charge on any atom is 0.234 e. The van der Waals surface area contributed by atoms with Crippen LogP contribution >= 0.6 is 0 Å². The minimum Gasteiger partial charge on any atom is -0.361 e. The Balaban J connectivity index is 1.36. The highest BCUT2D eigenvalue weighted by Crippen LogP contribution is 2.26. The van der Waals surface area contributed by atoms with Crippen molar-refractivity contribution in [2.45, 2.75) is 37.9 Å². The molecule has 1 saturated heterocycles. The first-order chi connectivity index (χ1) is 15.2. The summed E-state index contributed by atoms with van der Waals surface area (Å²) in [6.45, 7) is 0.576. The summed E-state index contributed by atoms with van der Waals surface area (Å²) in [6, 6.07) is 16.0. The lowest BCUT2D eigenvalue weighted by Gasteiger charge is -2.12. The molecule has 0 aliphatic carbocycles. The van der Waals surface area contributed by atoms with Gasteiger partial charge in [0.25, 0.3) is 0 Å². The Kier molecular flexibility index (Phi) is 4.94. The summed E-state index contributed by atoms with van der Waals surface area (Å²) < 4.78 is 1.70. The zero-order valence-electron chi connectivity index (χ0n) is 17.1. The zero-order valence-corrected chi connectivity index (χ0v) is 17.1. The van der Waals surface area contributed by atoms with Crippen LogP contribution in [0.2, 0.25) is 0 Å². The molecule has 0 bridgehead atoms. The predicted octanol–water partition coefficient (Wildman–Crippen LogP) is 3.77. The summed E-state index contributed by atoms with van der Waals surface area (Å²) in [4.78, 5) is 21.1. The molecule has 1 aliphatic heterocycles. The van der Waals surface area contributed by atoms with E-state index in [2.05, 4.69) is 50.3 Å². The number of hydrogen-bond acceptors (Lipinski definition) is 5. The molecular formula is C24H24N6O. The molecule has 0 saturated carbocycles. The molecule has 2 aromatic carbocycles. The normalized spacial score (nSPS) is 14.5. The number of carbonyl (C=O) groups is 1. The molecule has 4 aromatic rings. The lowest BCUT2D eigenvalue weighted by molar-refractivity contribution is 0.0901. The summed E-state index contributed by atoms with van der Waals surface area (Å²) in [5.74, 6) is 3.23. The van der Waals surface area contributed by atoms with Crippen molar-refractivity contribution in [3.63, 3.8) is 0 Å². The monoisotopic (exact) mass is 412 g/mol. The van der Waals surface area contributed by atoms with Crippen molar-refractivity contribution in [1.82, 2.24) is 25.4 Å².